The average molecular weight is 281 g/mol. The Hall–Kier alpha value is -1.96. The van der Waals surface area contributed by atoms with E-state index in [9.17, 15) is 8.78 Å². The van der Waals surface area contributed by atoms with Gasteiger partial charge in [-0.3, -0.25) is 0 Å². The Labute approximate surface area is 113 Å². The number of alkyl halides is 2. The summed E-state index contributed by atoms with van der Waals surface area (Å²) in [5.41, 5.74) is 1.34. The first-order chi connectivity index (χ1) is 9.52. The lowest BCUT2D eigenvalue weighted by atomic mass is 10.2. The van der Waals surface area contributed by atoms with E-state index in [1.807, 2.05) is 0 Å². The van der Waals surface area contributed by atoms with Gasteiger partial charge in [-0.2, -0.15) is 0 Å². The molecule has 0 aromatic carbocycles. The number of halogens is 2. The number of aryl methyl sites for hydroxylation is 1. The molecule has 0 bridgehead atoms. The lowest BCUT2D eigenvalue weighted by Gasteiger charge is -2.07. The zero-order chi connectivity index (χ0) is 14.2. The highest BCUT2D eigenvalue weighted by atomic mass is 19.3. The maximum Gasteiger partial charge on any atom is 0.273 e. The fourth-order valence-corrected chi connectivity index (χ4v) is 2.06. The number of rotatable bonds is 3. The van der Waals surface area contributed by atoms with Gasteiger partial charge >= 0.3 is 0 Å². The molecular weight excluding hydrogens is 268 g/mol. The molecule has 0 spiro atoms. The van der Waals surface area contributed by atoms with E-state index in [4.69, 9.17) is 4.74 Å². The van der Waals surface area contributed by atoms with Gasteiger partial charge in [0, 0.05) is 24.4 Å². The first-order valence-electron chi connectivity index (χ1n) is 6.20. The normalized spacial score (nSPS) is 21.2. The topological polar surface area (TPSA) is 65.7 Å². The van der Waals surface area contributed by atoms with Crippen LogP contribution < -0.4 is 0 Å². The van der Waals surface area contributed by atoms with Gasteiger partial charge < -0.3 is 4.74 Å². The number of aromatic nitrogens is 5. The van der Waals surface area contributed by atoms with Gasteiger partial charge in [-0.25, -0.2) is 23.4 Å². The van der Waals surface area contributed by atoms with Crippen molar-refractivity contribution in [1.82, 2.24) is 25.0 Å². The molecule has 2 aromatic rings. The third-order valence-electron chi connectivity index (χ3n) is 3.06. The predicted octanol–water partition coefficient (Wildman–Crippen LogP) is 1.47. The molecule has 1 fully saturated rings. The number of ether oxygens (including phenoxy) is 1. The van der Waals surface area contributed by atoms with Gasteiger partial charge in [-0.15, -0.1) is 5.10 Å². The largest absolute Gasteiger partial charge is 0.370 e. The van der Waals surface area contributed by atoms with Gasteiger partial charge in [0.2, 0.25) is 0 Å². The van der Waals surface area contributed by atoms with Crippen LogP contribution in [0.5, 0.6) is 0 Å². The third-order valence-corrected chi connectivity index (χ3v) is 3.06. The van der Waals surface area contributed by atoms with Gasteiger partial charge in [0.05, 0.1) is 18.8 Å². The molecule has 3 rings (SSSR count). The zero-order valence-electron chi connectivity index (χ0n) is 10.8. The molecule has 0 aliphatic carbocycles. The van der Waals surface area contributed by atoms with Crippen molar-refractivity contribution in [3.8, 4) is 11.3 Å². The van der Waals surface area contributed by atoms with Crippen molar-refractivity contribution in [1.29, 1.82) is 0 Å². The minimum absolute atomic E-state index is 0.259. The van der Waals surface area contributed by atoms with Crippen molar-refractivity contribution in [3.05, 3.63) is 24.4 Å². The first kappa shape index (κ1) is 13.0. The molecule has 2 aromatic heterocycles. The molecule has 106 valence electrons. The lowest BCUT2D eigenvalue weighted by molar-refractivity contribution is -0.0107. The van der Waals surface area contributed by atoms with Gasteiger partial charge in [-0.05, 0) is 6.92 Å². The molecule has 0 saturated carbocycles. The van der Waals surface area contributed by atoms with Crippen LogP contribution in [0.2, 0.25) is 0 Å². The van der Waals surface area contributed by atoms with Crippen LogP contribution in [0.4, 0.5) is 8.78 Å². The third kappa shape index (κ3) is 2.79. The van der Waals surface area contributed by atoms with Crippen molar-refractivity contribution in [3.63, 3.8) is 0 Å². The van der Waals surface area contributed by atoms with Crippen LogP contribution in [0, 0.1) is 6.92 Å². The Morgan fingerprint density at radius 3 is 2.80 bits per heavy atom. The molecule has 6 nitrogen and oxygen atoms in total. The highest BCUT2D eigenvalue weighted by molar-refractivity contribution is 5.54. The Balaban J connectivity index is 1.70. The van der Waals surface area contributed by atoms with Crippen LogP contribution in [0.25, 0.3) is 11.3 Å². The molecule has 8 heteroatoms. The second-order valence-corrected chi connectivity index (χ2v) is 4.84. The van der Waals surface area contributed by atoms with Crippen molar-refractivity contribution >= 4 is 0 Å². The molecule has 20 heavy (non-hydrogen) atoms. The maximum atomic E-state index is 13.0. The van der Waals surface area contributed by atoms with Gasteiger partial charge in [0.15, 0.2) is 0 Å². The lowest BCUT2D eigenvalue weighted by Crippen LogP contribution is -2.18. The quantitative estimate of drug-likeness (QED) is 0.852. The smallest absolute Gasteiger partial charge is 0.273 e. The zero-order valence-corrected chi connectivity index (χ0v) is 10.8. The van der Waals surface area contributed by atoms with Gasteiger partial charge in [0.1, 0.15) is 18.1 Å². The average Bonchev–Trinajstić information content (AvgIpc) is 2.98. The monoisotopic (exact) mass is 281 g/mol. The molecule has 0 radical (unpaired) electrons. The summed E-state index contributed by atoms with van der Waals surface area (Å²) in [6.07, 6.45) is 4.16. The summed E-state index contributed by atoms with van der Waals surface area (Å²) >= 11 is 0. The minimum Gasteiger partial charge on any atom is -0.370 e. The van der Waals surface area contributed by atoms with E-state index in [2.05, 4.69) is 20.3 Å². The van der Waals surface area contributed by atoms with Crippen molar-refractivity contribution in [2.45, 2.75) is 31.9 Å². The highest BCUT2D eigenvalue weighted by Crippen LogP contribution is 2.30. The van der Waals surface area contributed by atoms with Crippen molar-refractivity contribution in [2.75, 3.05) is 6.61 Å². The summed E-state index contributed by atoms with van der Waals surface area (Å²) in [6, 6.07) is 0. The summed E-state index contributed by atoms with van der Waals surface area (Å²) in [7, 11) is 0. The van der Waals surface area contributed by atoms with Crippen molar-refractivity contribution in [2.24, 2.45) is 0 Å². The molecule has 1 atom stereocenters. The van der Waals surface area contributed by atoms with Crippen LogP contribution in [0.15, 0.2) is 18.6 Å². The van der Waals surface area contributed by atoms with E-state index >= 15 is 0 Å². The molecule has 1 aliphatic heterocycles. The van der Waals surface area contributed by atoms with Crippen molar-refractivity contribution < 1.29 is 13.5 Å². The second kappa shape index (κ2) is 4.86. The molecule has 1 unspecified atom stereocenters. The molecule has 3 heterocycles. The summed E-state index contributed by atoms with van der Waals surface area (Å²) in [5.74, 6) is -2.07. The van der Waals surface area contributed by atoms with E-state index in [1.54, 1.807) is 25.5 Å². The summed E-state index contributed by atoms with van der Waals surface area (Å²) in [4.78, 5) is 8.15. The predicted molar refractivity (Wildman–Crippen MR) is 65.1 cm³/mol. The number of nitrogens with zero attached hydrogens (tertiary/aromatic N) is 5. The standard InChI is InChI=1S/C12H13F2N5O/c1-8-15-3-9(4-16-8)11-6-19(18-17-11)5-10-2-12(13,14)7-20-10/h3-4,6,10H,2,5,7H2,1H3. The molecule has 0 amide bonds. The second-order valence-electron chi connectivity index (χ2n) is 4.84. The number of hydrogen-bond acceptors (Lipinski definition) is 5. The van der Waals surface area contributed by atoms with Crippen LogP contribution in [-0.2, 0) is 11.3 Å². The van der Waals surface area contributed by atoms with Crippen LogP contribution in [0.1, 0.15) is 12.2 Å². The SMILES string of the molecule is Cc1ncc(-c2cn(CC3CC(F)(F)CO3)nn2)cn1. The highest BCUT2D eigenvalue weighted by Gasteiger charge is 2.40. The Morgan fingerprint density at radius 1 is 1.40 bits per heavy atom. The fourth-order valence-electron chi connectivity index (χ4n) is 2.06. The van der Waals surface area contributed by atoms with Gasteiger partial charge in [-0.1, -0.05) is 5.21 Å². The van der Waals surface area contributed by atoms with E-state index in [1.165, 1.54) is 4.68 Å². The molecular formula is C12H13F2N5O. The maximum absolute atomic E-state index is 13.0. The Kier molecular flexibility index (Phi) is 3.17. The van der Waals surface area contributed by atoms with Crippen LogP contribution >= 0.6 is 0 Å². The molecule has 1 saturated heterocycles. The summed E-state index contributed by atoms with van der Waals surface area (Å²) in [5, 5.41) is 7.90. The fraction of sp³-hybridized carbons (Fsp3) is 0.500. The Morgan fingerprint density at radius 2 is 2.15 bits per heavy atom. The van der Waals surface area contributed by atoms with E-state index in [0.717, 1.165) is 5.56 Å². The first-order valence-corrected chi connectivity index (χ1v) is 6.20. The Bertz CT molecular complexity index is 598. The van der Waals surface area contributed by atoms with Crippen LogP contribution in [-0.4, -0.2) is 43.6 Å². The summed E-state index contributed by atoms with van der Waals surface area (Å²) in [6.45, 7) is 1.53. The van der Waals surface area contributed by atoms with Crippen LogP contribution in [0.3, 0.4) is 0 Å². The number of hydrogen-bond donors (Lipinski definition) is 0. The minimum atomic E-state index is -2.74. The van der Waals surface area contributed by atoms with Gasteiger partial charge in [0.25, 0.3) is 5.92 Å². The van der Waals surface area contributed by atoms with E-state index in [-0.39, 0.29) is 13.0 Å². The molecule has 0 N–H and O–H groups in total. The van der Waals surface area contributed by atoms with E-state index < -0.39 is 18.6 Å². The van der Waals surface area contributed by atoms with E-state index in [0.29, 0.717) is 11.5 Å². The summed E-state index contributed by atoms with van der Waals surface area (Å²) < 4.78 is 32.6. The molecule has 1 aliphatic rings.